The molecule has 0 amide bonds. The number of benzene rings is 1. The summed E-state index contributed by atoms with van der Waals surface area (Å²) in [4.78, 5) is 79.3. The first-order valence-electron chi connectivity index (χ1n) is 18.2. The number of carbonyl (C=O) groups is 6. The van der Waals surface area contributed by atoms with E-state index < -0.39 is 113 Å². The Labute approximate surface area is 315 Å². The molecule has 293 valence electrons. The fraction of sp³-hybridized carbons (Fsp3) is 0.632. The molecule has 1 heterocycles. The number of carbonyl (C=O) groups excluding carboxylic acids is 6. The normalized spacial score (nSPS) is 35.0. The van der Waals surface area contributed by atoms with E-state index in [1.54, 1.807) is 58.0 Å². The largest absolute Gasteiger partial charge is 0.460 e. The van der Waals surface area contributed by atoms with Gasteiger partial charge in [-0.05, 0) is 42.4 Å². The molecule has 0 aromatic heterocycles. The van der Waals surface area contributed by atoms with Crippen molar-refractivity contribution in [1.82, 2.24) is 5.23 Å². The van der Waals surface area contributed by atoms with E-state index in [9.17, 15) is 29.1 Å². The summed E-state index contributed by atoms with van der Waals surface area (Å²) in [5, 5.41) is 16.1. The summed E-state index contributed by atoms with van der Waals surface area (Å²) in [7, 11) is 1.06. The van der Waals surface area contributed by atoms with Crippen LogP contribution in [-0.2, 0) is 52.5 Å². The van der Waals surface area contributed by atoms with Gasteiger partial charge in [-0.2, -0.15) is 0 Å². The van der Waals surface area contributed by atoms with Crippen LogP contribution in [-0.4, -0.2) is 104 Å². The maximum absolute atomic E-state index is 15.3. The summed E-state index contributed by atoms with van der Waals surface area (Å²) in [6.07, 6.45) is -5.46. The lowest BCUT2D eigenvalue weighted by atomic mass is 9.40. The van der Waals surface area contributed by atoms with E-state index in [4.69, 9.17) is 35.2 Å². The summed E-state index contributed by atoms with van der Waals surface area (Å²) in [6, 6.07) is 7.38. The fourth-order valence-electron chi connectivity index (χ4n) is 9.98. The number of hydrogen-bond acceptors (Lipinski definition) is 15. The first kappa shape index (κ1) is 41.2. The third kappa shape index (κ3) is 6.69. The molecule has 3 fully saturated rings. The van der Waals surface area contributed by atoms with Gasteiger partial charge in [0.25, 0.3) is 7.41 Å². The molecule has 5 rings (SSSR count). The number of Topliss-reactive ketones (excluding diaryl/α,β-unsaturated/α-hetero) is 1. The van der Waals surface area contributed by atoms with E-state index in [0.717, 1.165) is 14.3 Å². The van der Waals surface area contributed by atoms with E-state index in [0.29, 0.717) is 17.3 Å². The molecule has 1 saturated heterocycles. The summed E-state index contributed by atoms with van der Waals surface area (Å²) in [5.74, 6) is -5.45. The van der Waals surface area contributed by atoms with Crippen molar-refractivity contribution in [2.45, 2.75) is 103 Å². The predicted octanol–water partition coefficient (Wildman–Crippen LogP) is 0.839. The summed E-state index contributed by atoms with van der Waals surface area (Å²) < 4.78 is 29.5. The van der Waals surface area contributed by atoms with Crippen molar-refractivity contribution < 1.29 is 57.6 Å². The molecule has 2 bridgehead atoms. The van der Waals surface area contributed by atoms with Gasteiger partial charge >= 0.3 is 23.9 Å². The topological polar surface area (TPSA) is 233 Å². The minimum absolute atomic E-state index is 0.174. The first-order valence-corrected chi connectivity index (χ1v) is 18.2. The van der Waals surface area contributed by atoms with E-state index in [1.807, 2.05) is 13.8 Å². The van der Waals surface area contributed by atoms with Gasteiger partial charge in [0.05, 0.1) is 49.0 Å². The number of nitrogens with one attached hydrogen (secondary N) is 1. The summed E-state index contributed by atoms with van der Waals surface area (Å²) in [5.41, 5.74) is 7.05. The molecule has 0 spiro atoms. The zero-order valence-corrected chi connectivity index (χ0v) is 31.8. The van der Waals surface area contributed by atoms with Crippen molar-refractivity contribution in [2.24, 2.45) is 39.5 Å². The second kappa shape index (κ2) is 15.3. The van der Waals surface area contributed by atoms with Crippen LogP contribution in [0.2, 0.25) is 0 Å². The highest BCUT2D eigenvalue weighted by atomic mass is 16.6. The van der Waals surface area contributed by atoms with E-state index in [1.165, 1.54) is 0 Å². The lowest BCUT2D eigenvalue weighted by molar-refractivity contribution is -0.304. The van der Waals surface area contributed by atoms with E-state index in [2.05, 4.69) is 5.23 Å². The zero-order chi connectivity index (χ0) is 40.0. The number of rotatable bonds is 12. The molecule has 54 heavy (non-hydrogen) atoms. The Morgan fingerprint density at radius 1 is 1.06 bits per heavy atom. The third-order valence-corrected chi connectivity index (χ3v) is 12.7. The van der Waals surface area contributed by atoms with E-state index >= 15 is 4.79 Å². The van der Waals surface area contributed by atoms with Gasteiger partial charge in [-0.25, -0.2) is 4.79 Å². The van der Waals surface area contributed by atoms with Crippen molar-refractivity contribution in [3.05, 3.63) is 47.0 Å². The zero-order valence-electron chi connectivity index (χ0n) is 31.8. The Balaban J connectivity index is 1.68. The highest BCUT2D eigenvalue weighted by Crippen LogP contribution is 2.67. The van der Waals surface area contributed by atoms with Crippen LogP contribution < -0.4 is 16.7 Å². The maximum Gasteiger partial charge on any atom is 0.350 e. The highest BCUT2D eigenvalue weighted by Gasteiger charge is 2.74. The Morgan fingerprint density at radius 3 is 2.26 bits per heavy atom. The highest BCUT2D eigenvalue weighted by molar-refractivity contribution is 6.64. The van der Waals surface area contributed by atoms with Crippen molar-refractivity contribution in [2.75, 3.05) is 19.7 Å². The average molecular weight is 753 g/mol. The molecule has 2 saturated carbocycles. The molecular weight excluding hydrogens is 701 g/mol. The van der Waals surface area contributed by atoms with Crippen LogP contribution >= 0.6 is 0 Å². The second-order valence-corrected chi connectivity index (χ2v) is 15.9. The first-order chi connectivity index (χ1) is 25.3. The number of aliphatic hydroxyl groups is 1. The number of ether oxygens (including phenoxy) is 5. The molecule has 11 atom stereocenters. The molecule has 3 aliphatic carbocycles. The fourth-order valence-corrected chi connectivity index (χ4v) is 9.98. The number of fused-ring (bicyclic) bond motifs is 5. The van der Waals surface area contributed by atoms with Gasteiger partial charge in [0.1, 0.15) is 12.2 Å². The van der Waals surface area contributed by atoms with Crippen LogP contribution in [0.25, 0.3) is 0 Å². The quantitative estimate of drug-likeness (QED) is 0.0762. The number of nitrogens with two attached hydrogens (primary N) is 2. The van der Waals surface area contributed by atoms with Gasteiger partial charge in [0, 0.05) is 30.6 Å². The molecule has 1 aliphatic heterocycles. The van der Waals surface area contributed by atoms with Gasteiger partial charge in [-0.1, -0.05) is 58.0 Å². The van der Waals surface area contributed by atoms with Gasteiger partial charge in [-0.3, -0.25) is 19.2 Å². The van der Waals surface area contributed by atoms with Crippen LogP contribution in [0, 0.1) is 28.1 Å². The second-order valence-electron chi connectivity index (χ2n) is 15.9. The van der Waals surface area contributed by atoms with Crippen LogP contribution in [0.5, 0.6) is 0 Å². The molecule has 16 heteroatoms. The number of hydrogen-bond donors (Lipinski definition) is 4. The SMILES string of the molecule is CC(=O)O[C@H]1C(=O)[C@]2(C)[C@@H](OC(=O)CN)C[C@H]3OC[C@@]3(C)[C@H]2[C@H](C)[C@]2(O)C[C@H](OC(=O)[C@H](OC(=O)CN)[C@@H](N[B]C=O)c3ccccc3)C(C)=C1C2(C)C. The van der Waals surface area contributed by atoms with Crippen LogP contribution in [0.3, 0.4) is 0 Å². The summed E-state index contributed by atoms with van der Waals surface area (Å²) >= 11 is 0. The number of esters is 4. The monoisotopic (exact) mass is 752 g/mol. The predicted molar refractivity (Wildman–Crippen MR) is 192 cm³/mol. The molecule has 4 aliphatic rings. The minimum Gasteiger partial charge on any atom is -0.460 e. The molecular formula is C38H51BN3O12. The molecule has 6 N–H and O–H groups in total. The van der Waals surface area contributed by atoms with Crippen LogP contribution in [0.15, 0.2) is 41.5 Å². The molecule has 15 nitrogen and oxygen atoms in total. The Kier molecular flexibility index (Phi) is 11.7. The van der Waals surface area contributed by atoms with Crippen LogP contribution in [0.1, 0.15) is 72.9 Å². The van der Waals surface area contributed by atoms with Gasteiger partial charge in [-0.15, -0.1) is 0 Å². The standard InChI is InChI=1S/C38H51BN3O12/c1-19-23(52-34(48)31(54-27(46)16-41)29(42-39-18-43)22-11-9-8-10-12-22)14-38(49)20(2)32-36(6)17-50-24(36)13-25(53-26(45)15-40)37(32,7)33(47)30(51-21(3)44)28(19)35(38,4)5/h8-12,18,20,23-25,29-32,42,49H,13-17,40-41H2,1-7H3/t20-,23-,24+,25-,29-,30+,31+,32+,36+,37+,38+/m0/s1. The van der Waals surface area contributed by atoms with Crippen molar-refractivity contribution in [1.29, 1.82) is 0 Å². The molecule has 1 aromatic carbocycles. The average Bonchev–Trinajstić information content (AvgIpc) is 3.12. The number of ketones is 1. The smallest absolute Gasteiger partial charge is 0.350 e. The Hall–Kier alpha value is -3.96. The molecule has 1 radical (unpaired) electrons. The minimum atomic E-state index is -1.76. The van der Waals surface area contributed by atoms with E-state index in [-0.39, 0.29) is 25.0 Å². The Morgan fingerprint density at radius 2 is 1.70 bits per heavy atom. The Bertz CT molecular complexity index is 1700. The van der Waals surface area contributed by atoms with Crippen molar-refractivity contribution in [3.8, 4) is 0 Å². The van der Waals surface area contributed by atoms with Crippen molar-refractivity contribution in [3.63, 3.8) is 0 Å². The van der Waals surface area contributed by atoms with Gasteiger partial charge in [0.15, 0.2) is 11.9 Å². The summed E-state index contributed by atoms with van der Waals surface area (Å²) in [6.45, 7) is 11.1. The molecule has 0 unspecified atom stereocenters. The molecule has 1 aromatic rings. The van der Waals surface area contributed by atoms with Gasteiger partial charge < -0.3 is 50.3 Å². The van der Waals surface area contributed by atoms with Gasteiger partial charge in [0.2, 0.25) is 6.10 Å². The lowest BCUT2D eigenvalue weighted by Crippen LogP contribution is -2.75. The third-order valence-electron chi connectivity index (χ3n) is 12.7. The van der Waals surface area contributed by atoms with Crippen LogP contribution in [0.4, 0.5) is 0 Å². The van der Waals surface area contributed by atoms with Crippen molar-refractivity contribution >= 4 is 43.3 Å². The lowest BCUT2D eigenvalue weighted by Gasteiger charge is -2.68. The maximum atomic E-state index is 15.3.